The van der Waals surface area contributed by atoms with E-state index in [1.54, 1.807) is 0 Å². The number of hydrogen-bond acceptors (Lipinski definition) is 3. The van der Waals surface area contributed by atoms with Gasteiger partial charge in [0.2, 0.25) is 0 Å². The molecule has 0 unspecified atom stereocenters. The SMILES string of the molecule is CC[C@@]1(c2ccccc2)O[C@H]1C(=O)OCC(C)C. The number of ether oxygens (including phenoxy) is 2. The zero-order valence-corrected chi connectivity index (χ0v) is 11.2. The average Bonchev–Trinajstić information content (AvgIpc) is 3.13. The number of carbonyl (C=O) groups is 1. The summed E-state index contributed by atoms with van der Waals surface area (Å²) in [6, 6.07) is 9.88. The average molecular weight is 248 g/mol. The van der Waals surface area contributed by atoms with E-state index >= 15 is 0 Å². The first-order valence-electron chi connectivity index (χ1n) is 6.50. The van der Waals surface area contributed by atoms with Crippen LogP contribution >= 0.6 is 0 Å². The molecule has 0 amide bonds. The molecule has 1 aromatic rings. The number of benzene rings is 1. The molecule has 0 saturated carbocycles. The summed E-state index contributed by atoms with van der Waals surface area (Å²) < 4.78 is 10.9. The molecule has 18 heavy (non-hydrogen) atoms. The summed E-state index contributed by atoms with van der Waals surface area (Å²) in [5.74, 6) is 0.106. The molecule has 0 N–H and O–H groups in total. The topological polar surface area (TPSA) is 38.8 Å². The Morgan fingerprint density at radius 3 is 2.61 bits per heavy atom. The Morgan fingerprint density at radius 2 is 2.06 bits per heavy atom. The lowest BCUT2D eigenvalue weighted by Crippen LogP contribution is -2.22. The minimum Gasteiger partial charge on any atom is -0.463 e. The standard InChI is InChI=1S/C15H20O3/c1-4-15(12-8-6-5-7-9-12)13(18-15)14(16)17-10-11(2)3/h5-9,11,13H,4,10H2,1-3H3/t13-,15-/m0/s1. The van der Waals surface area contributed by atoms with Gasteiger partial charge in [-0.25, -0.2) is 4.79 Å². The molecular weight excluding hydrogens is 228 g/mol. The number of epoxide rings is 1. The van der Waals surface area contributed by atoms with Crippen molar-refractivity contribution in [2.45, 2.75) is 38.9 Å². The van der Waals surface area contributed by atoms with Crippen molar-refractivity contribution in [2.24, 2.45) is 5.92 Å². The lowest BCUT2D eigenvalue weighted by atomic mass is 9.93. The molecule has 1 aliphatic heterocycles. The fraction of sp³-hybridized carbons (Fsp3) is 0.533. The van der Waals surface area contributed by atoms with Crippen molar-refractivity contribution in [3.8, 4) is 0 Å². The van der Waals surface area contributed by atoms with E-state index in [-0.39, 0.29) is 5.97 Å². The fourth-order valence-corrected chi connectivity index (χ4v) is 2.15. The number of carbonyl (C=O) groups excluding carboxylic acids is 1. The van der Waals surface area contributed by atoms with Crippen LogP contribution in [-0.2, 0) is 19.9 Å². The van der Waals surface area contributed by atoms with Gasteiger partial charge in [-0.15, -0.1) is 0 Å². The summed E-state index contributed by atoms with van der Waals surface area (Å²) in [6.45, 7) is 6.52. The molecule has 98 valence electrons. The van der Waals surface area contributed by atoms with E-state index in [0.29, 0.717) is 12.5 Å². The normalized spacial score (nSPS) is 26.1. The Hall–Kier alpha value is -1.35. The maximum Gasteiger partial charge on any atom is 0.338 e. The Kier molecular flexibility index (Phi) is 3.71. The molecule has 1 heterocycles. The summed E-state index contributed by atoms with van der Waals surface area (Å²) in [5, 5.41) is 0. The van der Waals surface area contributed by atoms with Crippen LogP contribution in [-0.4, -0.2) is 18.7 Å². The molecule has 2 atom stereocenters. The number of esters is 1. The first kappa shape index (κ1) is 13.1. The predicted molar refractivity (Wildman–Crippen MR) is 69.1 cm³/mol. The molecule has 1 aliphatic rings. The molecule has 0 aliphatic carbocycles. The highest BCUT2D eigenvalue weighted by Crippen LogP contribution is 2.49. The van der Waals surface area contributed by atoms with E-state index in [1.165, 1.54) is 0 Å². The van der Waals surface area contributed by atoms with Gasteiger partial charge >= 0.3 is 5.97 Å². The van der Waals surface area contributed by atoms with E-state index in [0.717, 1.165) is 12.0 Å². The van der Waals surface area contributed by atoms with Gasteiger partial charge in [0.25, 0.3) is 0 Å². The molecule has 1 saturated heterocycles. The van der Waals surface area contributed by atoms with E-state index in [4.69, 9.17) is 9.47 Å². The highest BCUT2D eigenvalue weighted by Gasteiger charge is 2.61. The van der Waals surface area contributed by atoms with Crippen molar-refractivity contribution in [3.05, 3.63) is 35.9 Å². The van der Waals surface area contributed by atoms with Crippen LogP contribution in [0.5, 0.6) is 0 Å². The lowest BCUT2D eigenvalue weighted by Gasteiger charge is -2.11. The molecule has 3 nitrogen and oxygen atoms in total. The molecule has 0 aromatic heterocycles. The van der Waals surface area contributed by atoms with Crippen molar-refractivity contribution >= 4 is 5.97 Å². The summed E-state index contributed by atoms with van der Waals surface area (Å²) >= 11 is 0. The van der Waals surface area contributed by atoms with Gasteiger partial charge < -0.3 is 9.47 Å². The van der Waals surface area contributed by atoms with Crippen LogP contribution in [0.2, 0.25) is 0 Å². The minimum absolute atomic E-state index is 0.241. The second-order valence-electron chi connectivity index (χ2n) is 5.13. The van der Waals surface area contributed by atoms with E-state index in [9.17, 15) is 4.79 Å². The highest BCUT2D eigenvalue weighted by atomic mass is 16.7. The second kappa shape index (κ2) is 5.11. The molecule has 0 spiro atoms. The first-order chi connectivity index (χ1) is 8.60. The smallest absolute Gasteiger partial charge is 0.338 e. The van der Waals surface area contributed by atoms with E-state index in [2.05, 4.69) is 0 Å². The summed E-state index contributed by atoms with van der Waals surface area (Å²) in [4.78, 5) is 11.9. The van der Waals surface area contributed by atoms with Crippen molar-refractivity contribution in [1.29, 1.82) is 0 Å². The van der Waals surface area contributed by atoms with Gasteiger partial charge in [-0.05, 0) is 17.9 Å². The summed E-state index contributed by atoms with van der Waals surface area (Å²) in [6.07, 6.45) is 0.335. The fourth-order valence-electron chi connectivity index (χ4n) is 2.15. The minimum atomic E-state index is -0.463. The maximum atomic E-state index is 11.9. The van der Waals surface area contributed by atoms with Crippen LogP contribution in [0, 0.1) is 5.92 Å². The summed E-state index contributed by atoms with van der Waals surface area (Å²) in [7, 11) is 0. The predicted octanol–water partition coefficient (Wildman–Crippen LogP) is 2.89. The zero-order valence-electron chi connectivity index (χ0n) is 11.2. The van der Waals surface area contributed by atoms with Gasteiger partial charge in [0.15, 0.2) is 6.10 Å². The molecule has 3 heteroatoms. The van der Waals surface area contributed by atoms with Crippen molar-refractivity contribution in [1.82, 2.24) is 0 Å². The van der Waals surface area contributed by atoms with Gasteiger partial charge in [-0.1, -0.05) is 51.1 Å². The van der Waals surface area contributed by atoms with Gasteiger partial charge in [0.1, 0.15) is 5.60 Å². The first-order valence-corrected chi connectivity index (χ1v) is 6.50. The molecule has 1 aromatic carbocycles. The zero-order chi connectivity index (χ0) is 13.2. The third-order valence-corrected chi connectivity index (χ3v) is 3.26. The maximum absolute atomic E-state index is 11.9. The van der Waals surface area contributed by atoms with Crippen LogP contribution in [0.4, 0.5) is 0 Å². The van der Waals surface area contributed by atoms with Crippen LogP contribution in [0.25, 0.3) is 0 Å². The second-order valence-corrected chi connectivity index (χ2v) is 5.13. The van der Waals surface area contributed by atoms with Crippen molar-refractivity contribution in [3.63, 3.8) is 0 Å². The molecule has 0 bridgehead atoms. The van der Waals surface area contributed by atoms with Gasteiger partial charge in [-0.2, -0.15) is 0 Å². The number of hydrogen-bond donors (Lipinski definition) is 0. The molecule has 1 fully saturated rings. The molecule has 0 radical (unpaired) electrons. The van der Waals surface area contributed by atoms with Gasteiger partial charge in [-0.3, -0.25) is 0 Å². The van der Waals surface area contributed by atoms with Crippen LogP contribution < -0.4 is 0 Å². The van der Waals surface area contributed by atoms with E-state index < -0.39 is 11.7 Å². The number of rotatable bonds is 5. The lowest BCUT2D eigenvalue weighted by molar-refractivity contribution is -0.146. The Labute approximate surface area is 108 Å². The third-order valence-electron chi connectivity index (χ3n) is 3.26. The summed E-state index contributed by atoms with van der Waals surface area (Å²) in [5.41, 5.74) is 0.592. The molecular formula is C15H20O3. The van der Waals surface area contributed by atoms with Crippen LogP contribution in [0.15, 0.2) is 30.3 Å². The van der Waals surface area contributed by atoms with Crippen LogP contribution in [0.3, 0.4) is 0 Å². The van der Waals surface area contributed by atoms with Gasteiger partial charge in [0.05, 0.1) is 6.61 Å². The highest BCUT2D eigenvalue weighted by molar-refractivity contribution is 5.80. The Bertz CT molecular complexity index is 413. The van der Waals surface area contributed by atoms with E-state index in [1.807, 2.05) is 51.1 Å². The molecule has 2 rings (SSSR count). The van der Waals surface area contributed by atoms with Crippen molar-refractivity contribution in [2.75, 3.05) is 6.61 Å². The van der Waals surface area contributed by atoms with Crippen molar-refractivity contribution < 1.29 is 14.3 Å². The Morgan fingerprint density at radius 1 is 1.39 bits per heavy atom. The van der Waals surface area contributed by atoms with Crippen LogP contribution in [0.1, 0.15) is 32.8 Å². The quantitative estimate of drug-likeness (QED) is 0.594. The van der Waals surface area contributed by atoms with Gasteiger partial charge in [0, 0.05) is 0 Å². The third kappa shape index (κ3) is 2.41. The Balaban J connectivity index is 2.04. The monoisotopic (exact) mass is 248 g/mol. The largest absolute Gasteiger partial charge is 0.463 e.